The van der Waals surface area contributed by atoms with Crippen LogP contribution in [0.25, 0.3) is 0 Å². The molecule has 0 heterocycles. The van der Waals surface area contributed by atoms with Crippen LogP contribution in [0.5, 0.6) is 0 Å². The standard InChI is InChI=1S/C15H23ClN2O2S/c1-11-9-13(10-14(17)15(11)16)21(19,20)18-8-7-12-5-3-2-4-6-12/h9-10,12,18H,2-8,17H2,1H3. The molecule has 6 heteroatoms. The largest absolute Gasteiger partial charge is 0.397 e. The molecule has 0 spiro atoms. The van der Waals surface area contributed by atoms with Gasteiger partial charge in [0.05, 0.1) is 15.6 Å². The summed E-state index contributed by atoms with van der Waals surface area (Å²) in [6.45, 7) is 2.23. The number of halogens is 1. The van der Waals surface area contributed by atoms with Gasteiger partial charge in [0, 0.05) is 6.54 Å². The lowest BCUT2D eigenvalue weighted by Crippen LogP contribution is -2.27. The van der Waals surface area contributed by atoms with Crippen LogP contribution in [0.3, 0.4) is 0 Å². The molecule has 0 amide bonds. The van der Waals surface area contributed by atoms with Gasteiger partial charge in [-0.15, -0.1) is 0 Å². The lowest BCUT2D eigenvalue weighted by atomic mass is 9.87. The van der Waals surface area contributed by atoms with E-state index in [-0.39, 0.29) is 4.90 Å². The van der Waals surface area contributed by atoms with Crippen LogP contribution in [0, 0.1) is 12.8 Å². The van der Waals surface area contributed by atoms with E-state index in [0.29, 0.717) is 28.7 Å². The van der Waals surface area contributed by atoms with Gasteiger partial charge < -0.3 is 5.73 Å². The van der Waals surface area contributed by atoms with Gasteiger partial charge in [0.2, 0.25) is 10.0 Å². The fraction of sp³-hybridized carbons (Fsp3) is 0.600. The number of nitrogen functional groups attached to an aromatic ring is 1. The van der Waals surface area contributed by atoms with Gasteiger partial charge in [0.15, 0.2) is 0 Å². The summed E-state index contributed by atoms with van der Waals surface area (Å²) in [6.07, 6.45) is 7.19. The highest BCUT2D eigenvalue weighted by Crippen LogP contribution is 2.28. The Morgan fingerprint density at radius 2 is 1.95 bits per heavy atom. The average molecular weight is 331 g/mol. The zero-order valence-electron chi connectivity index (χ0n) is 12.4. The van der Waals surface area contributed by atoms with Crippen LogP contribution in [0.15, 0.2) is 17.0 Å². The zero-order valence-corrected chi connectivity index (χ0v) is 13.9. The van der Waals surface area contributed by atoms with Crippen molar-refractivity contribution in [1.29, 1.82) is 0 Å². The van der Waals surface area contributed by atoms with E-state index < -0.39 is 10.0 Å². The number of hydrogen-bond donors (Lipinski definition) is 2. The number of aryl methyl sites for hydroxylation is 1. The normalized spacial score (nSPS) is 17.0. The minimum atomic E-state index is -3.51. The van der Waals surface area contributed by atoms with Crippen molar-refractivity contribution in [2.24, 2.45) is 5.92 Å². The summed E-state index contributed by atoms with van der Waals surface area (Å²) in [6, 6.07) is 2.97. The summed E-state index contributed by atoms with van der Waals surface area (Å²) in [5.74, 6) is 0.651. The number of hydrogen-bond acceptors (Lipinski definition) is 3. The summed E-state index contributed by atoms with van der Waals surface area (Å²) in [5.41, 5.74) is 6.71. The Morgan fingerprint density at radius 3 is 2.57 bits per heavy atom. The molecule has 1 aromatic rings. The number of anilines is 1. The van der Waals surface area contributed by atoms with Crippen molar-refractivity contribution >= 4 is 27.3 Å². The molecule has 21 heavy (non-hydrogen) atoms. The van der Waals surface area contributed by atoms with Crippen LogP contribution < -0.4 is 10.5 Å². The van der Waals surface area contributed by atoms with Crippen LogP contribution in [0.4, 0.5) is 5.69 Å². The van der Waals surface area contributed by atoms with Crippen LogP contribution in [0.2, 0.25) is 5.02 Å². The van der Waals surface area contributed by atoms with Crippen LogP contribution in [0.1, 0.15) is 44.1 Å². The molecule has 1 saturated carbocycles. The Morgan fingerprint density at radius 1 is 1.29 bits per heavy atom. The van der Waals surface area contributed by atoms with Gasteiger partial charge in [-0.2, -0.15) is 0 Å². The first-order chi connectivity index (χ1) is 9.90. The van der Waals surface area contributed by atoms with E-state index in [9.17, 15) is 8.42 Å². The molecule has 118 valence electrons. The maximum Gasteiger partial charge on any atom is 0.240 e. The lowest BCUT2D eigenvalue weighted by molar-refractivity contribution is 0.339. The minimum absolute atomic E-state index is 0.186. The molecule has 2 rings (SSSR count). The second kappa shape index (κ2) is 6.99. The molecule has 4 nitrogen and oxygen atoms in total. The first-order valence-electron chi connectivity index (χ1n) is 7.45. The van der Waals surface area contributed by atoms with Gasteiger partial charge in [-0.25, -0.2) is 13.1 Å². The Bertz CT molecular complexity index is 573. The fourth-order valence-corrected chi connectivity index (χ4v) is 4.15. The maximum absolute atomic E-state index is 12.3. The molecule has 1 aliphatic rings. The van der Waals surface area contributed by atoms with E-state index in [0.717, 1.165) is 6.42 Å². The average Bonchev–Trinajstić information content (AvgIpc) is 2.45. The van der Waals surface area contributed by atoms with Crippen LogP contribution >= 0.6 is 11.6 Å². The highest BCUT2D eigenvalue weighted by Gasteiger charge is 2.18. The van der Waals surface area contributed by atoms with Crippen molar-refractivity contribution in [2.45, 2.75) is 50.3 Å². The summed E-state index contributed by atoms with van der Waals surface area (Å²) < 4.78 is 27.2. The van der Waals surface area contributed by atoms with Crippen LogP contribution in [-0.2, 0) is 10.0 Å². The highest BCUT2D eigenvalue weighted by molar-refractivity contribution is 7.89. The summed E-state index contributed by atoms with van der Waals surface area (Å²) in [7, 11) is -3.51. The van der Waals surface area contributed by atoms with E-state index in [1.807, 2.05) is 0 Å². The smallest absolute Gasteiger partial charge is 0.240 e. The topological polar surface area (TPSA) is 72.2 Å². The Labute approximate surface area is 132 Å². The lowest BCUT2D eigenvalue weighted by Gasteiger charge is -2.21. The van der Waals surface area contributed by atoms with Crippen molar-refractivity contribution in [2.75, 3.05) is 12.3 Å². The molecule has 0 atom stereocenters. The number of benzene rings is 1. The predicted octanol–water partition coefficient (Wildman–Crippen LogP) is 3.48. The first-order valence-corrected chi connectivity index (χ1v) is 9.31. The molecule has 1 fully saturated rings. The third-order valence-electron chi connectivity index (χ3n) is 4.14. The Balaban J connectivity index is 1.98. The second-order valence-corrected chi connectivity index (χ2v) is 7.98. The summed E-state index contributed by atoms with van der Waals surface area (Å²) >= 11 is 5.97. The van der Waals surface area contributed by atoms with Crippen molar-refractivity contribution in [3.8, 4) is 0 Å². The number of sulfonamides is 1. The van der Waals surface area contributed by atoms with Gasteiger partial charge in [-0.3, -0.25) is 0 Å². The quantitative estimate of drug-likeness (QED) is 0.812. The van der Waals surface area contributed by atoms with E-state index in [4.69, 9.17) is 17.3 Å². The molecular formula is C15H23ClN2O2S. The molecular weight excluding hydrogens is 308 g/mol. The Hall–Kier alpha value is -0.780. The molecule has 1 aliphatic carbocycles. The van der Waals surface area contributed by atoms with Crippen molar-refractivity contribution in [3.05, 3.63) is 22.7 Å². The molecule has 0 aliphatic heterocycles. The number of nitrogens with two attached hydrogens (primary N) is 1. The molecule has 0 bridgehead atoms. The van der Waals surface area contributed by atoms with Crippen molar-refractivity contribution < 1.29 is 8.42 Å². The summed E-state index contributed by atoms with van der Waals surface area (Å²) in [5, 5.41) is 0.413. The van der Waals surface area contributed by atoms with E-state index in [2.05, 4.69) is 4.72 Å². The Kier molecular flexibility index (Phi) is 5.52. The van der Waals surface area contributed by atoms with Gasteiger partial charge in [0.25, 0.3) is 0 Å². The minimum Gasteiger partial charge on any atom is -0.397 e. The summed E-state index contributed by atoms with van der Waals surface area (Å²) in [4.78, 5) is 0.186. The van der Waals surface area contributed by atoms with Gasteiger partial charge in [-0.1, -0.05) is 43.7 Å². The number of rotatable bonds is 5. The SMILES string of the molecule is Cc1cc(S(=O)(=O)NCCC2CCCCC2)cc(N)c1Cl. The van der Waals surface area contributed by atoms with Gasteiger partial charge in [0.1, 0.15) is 0 Å². The molecule has 0 radical (unpaired) electrons. The highest BCUT2D eigenvalue weighted by atomic mass is 35.5. The van der Waals surface area contributed by atoms with E-state index >= 15 is 0 Å². The zero-order chi connectivity index (χ0) is 15.5. The molecule has 3 N–H and O–H groups in total. The third-order valence-corrected chi connectivity index (χ3v) is 6.09. The van der Waals surface area contributed by atoms with Gasteiger partial charge in [-0.05, 0) is 37.0 Å². The molecule has 0 aromatic heterocycles. The molecule has 1 aromatic carbocycles. The van der Waals surface area contributed by atoms with Gasteiger partial charge >= 0.3 is 0 Å². The monoisotopic (exact) mass is 330 g/mol. The van der Waals surface area contributed by atoms with E-state index in [1.54, 1.807) is 13.0 Å². The fourth-order valence-electron chi connectivity index (χ4n) is 2.87. The third kappa shape index (κ3) is 4.34. The molecule has 0 unspecified atom stereocenters. The maximum atomic E-state index is 12.3. The van der Waals surface area contributed by atoms with E-state index in [1.165, 1.54) is 38.2 Å². The van der Waals surface area contributed by atoms with Crippen LogP contribution in [-0.4, -0.2) is 15.0 Å². The first kappa shape index (κ1) is 16.6. The molecule has 0 saturated heterocycles. The van der Waals surface area contributed by atoms with Crippen molar-refractivity contribution in [3.63, 3.8) is 0 Å². The number of nitrogens with one attached hydrogen (secondary N) is 1. The predicted molar refractivity (Wildman–Crippen MR) is 87.0 cm³/mol. The van der Waals surface area contributed by atoms with Crippen molar-refractivity contribution in [1.82, 2.24) is 4.72 Å². The second-order valence-electron chi connectivity index (χ2n) is 5.83.